The molecule has 0 bridgehead atoms. The number of hydroxylamine groups is 4. The van der Waals surface area contributed by atoms with Crippen LogP contribution in [0.1, 0.15) is 132 Å². The predicted molar refractivity (Wildman–Crippen MR) is 184 cm³/mol. The second-order valence-corrected chi connectivity index (χ2v) is 16.2. The summed E-state index contributed by atoms with van der Waals surface area (Å²) in [6.07, 6.45) is 1.65. The minimum Gasteiger partial charge on any atom is -0.462 e. The summed E-state index contributed by atoms with van der Waals surface area (Å²) in [5.74, 6) is -1.36. The molecule has 3 unspecified atom stereocenters. The van der Waals surface area contributed by atoms with Crippen molar-refractivity contribution in [2.75, 3.05) is 0 Å². The summed E-state index contributed by atoms with van der Waals surface area (Å²) in [5, 5.41) is 4.15. The van der Waals surface area contributed by atoms with Gasteiger partial charge in [-0.1, -0.05) is 67.6 Å². The molecule has 8 nitrogen and oxygen atoms in total. The molecular formula is C39H58N2O6. The molecule has 2 aliphatic heterocycles. The Kier molecular flexibility index (Phi) is 11.3. The Morgan fingerprint density at radius 2 is 0.957 bits per heavy atom. The number of hydrogen-bond donors (Lipinski definition) is 0. The Morgan fingerprint density at radius 1 is 0.617 bits per heavy atom. The molecule has 0 radical (unpaired) electrons. The molecule has 2 saturated heterocycles. The molecule has 2 aliphatic rings. The Labute approximate surface area is 283 Å². The number of ether oxygens (including phenoxy) is 2. The van der Waals surface area contributed by atoms with Crippen LogP contribution in [0.3, 0.4) is 0 Å². The Balaban J connectivity index is 1.30. The van der Waals surface area contributed by atoms with E-state index in [0.29, 0.717) is 25.7 Å². The van der Waals surface area contributed by atoms with Gasteiger partial charge in [0.1, 0.15) is 24.4 Å². The molecule has 2 aromatic rings. The normalized spacial score (nSPS) is 23.4. The Morgan fingerprint density at radius 3 is 1.32 bits per heavy atom. The second-order valence-electron chi connectivity index (χ2n) is 16.2. The highest BCUT2D eigenvalue weighted by molar-refractivity contribution is 5.79. The SMILES string of the molecule is CC(CC(=O)OC1CC(C)(C)N(OC(C)c2ccccc2)C(C)(C)C1)C(=O)OC1CC(C)(C)N(OC(C)c2ccccc2)C(C)(C)C1. The average molecular weight is 651 g/mol. The van der Waals surface area contributed by atoms with Crippen LogP contribution in [-0.2, 0) is 28.7 Å². The van der Waals surface area contributed by atoms with Gasteiger partial charge in [-0.2, -0.15) is 10.1 Å². The van der Waals surface area contributed by atoms with E-state index in [1.54, 1.807) is 6.92 Å². The van der Waals surface area contributed by atoms with Gasteiger partial charge in [-0.15, -0.1) is 0 Å². The zero-order valence-corrected chi connectivity index (χ0v) is 30.5. The third kappa shape index (κ3) is 9.23. The molecule has 0 N–H and O–H groups in total. The topological polar surface area (TPSA) is 77.5 Å². The Hall–Kier alpha value is -2.78. The lowest BCUT2D eigenvalue weighted by Gasteiger charge is -2.54. The van der Waals surface area contributed by atoms with E-state index in [1.165, 1.54) is 0 Å². The van der Waals surface area contributed by atoms with Gasteiger partial charge in [-0.25, -0.2) is 0 Å². The monoisotopic (exact) mass is 650 g/mol. The van der Waals surface area contributed by atoms with Crippen molar-refractivity contribution in [1.82, 2.24) is 10.1 Å². The molecule has 0 aromatic heterocycles. The third-order valence-corrected chi connectivity index (χ3v) is 9.63. The highest BCUT2D eigenvalue weighted by Crippen LogP contribution is 2.43. The van der Waals surface area contributed by atoms with Gasteiger partial charge in [-0.3, -0.25) is 19.3 Å². The van der Waals surface area contributed by atoms with E-state index in [9.17, 15) is 9.59 Å². The van der Waals surface area contributed by atoms with Gasteiger partial charge in [0.25, 0.3) is 0 Å². The van der Waals surface area contributed by atoms with E-state index >= 15 is 0 Å². The van der Waals surface area contributed by atoms with Crippen LogP contribution in [0.4, 0.5) is 0 Å². The smallest absolute Gasteiger partial charge is 0.309 e. The molecule has 47 heavy (non-hydrogen) atoms. The first-order valence-electron chi connectivity index (χ1n) is 17.2. The van der Waals surface area contributed by atoms with Crippen LogP contribution in [0.5, 0.6) is 0 Å². The van der Waals surface area contributed by atoms with E-state index in [2.05, 4.69) is 104 Å². The second kappa shape index (κ2) is 14.4. The molecule has 0 amide bonds. The van der Waals surface area contributed by atoms with Crippen LogP contribution in [0.2, 0.25) is 0 Å². The summed E-state index contributed by atoms with van der Waals surface area (Å²) < 4.78 is 12.1. The van der Waals surface area contributed by atoms with Crippen LogP contribution < -0.4 is 0 Å². The van der Waals surface area contributed by atoms with Crippen molar-refractivity contribution in [3.05, 3.63) is 71.8 Å². The minimum absolute atomic E-state index is 0.0230. The number of nitrogens with zero attached hydrogens (tertiary/aromatic N) is 2. The standard InChI is InChI=1S/C39H58N2O6/c1-27(35(43)45-33-25-38(8,9)41(39(10,11)26-33)47-29(3)31-20-16-13-17-21-31)22-34(42)44-32-23-36(4,5)40(37(6,7)24-32)46-28(2)30-18-14-12-15-19-30/h12-21,27-29,32-33H,22-26H2,1-11H3. The summed E-state index contributed by atoms with van der Waals surface area (Å²) in [7, 11) is 0. The molecule has 0 spiro atoms. The predicted octanol–water partition coefficient (Wildman–Crippen LogP) is 8.53. The van der Waals surface area contributed by atoms with Gasteiger partial charge in [0.2, 0.25) is 0 Å². The Bertz CT molecular complexity index is 1310. The number of hydrogen-bond acceptors (Lipinski definition) is 8. The number of benzene rings is 2. The highest BCUT2D eigenvalue weighted by atomic mass is 16.7. The van der Waals surface area contributed by atoms with Crippen molar-refractivity contribution in [1.29, 1.82) is 0 Å². The van der Waals surface area contributed by atoms with Gasteiger partial charge in [-0.05, 0) is 80.4 Å². The zero-order valence-electron chi connectivity index (χ0n) is 30.5. The van der Waals surface area contributed by atoms with Crippen LogP contribution >= 0.6 is 0 Å². The van der Waals surface area contributed by atoms with E-state index in [-0.39, 0.29) is 64.9 Å². The largest absolute Gasteiger partial charge is 0.462 e. The number of esters is 2. The quantitative estimate of drug-likeness (QED) is 0.224. The van der Waals surface area contributed by atoms with E-state index in [1.807, 2.05) is 36.4 Å². The van der Waals surface area contributed by atoms with E-state index < -0.39 is 5.92 Å². The van der Waals surface area contributed by atoms with Gasteiger partial charge in [0.05, 0.1) is 12.3 Å². The average Bonchev–Trinajstić information content (AvgIpc) is 2.96. The first-order valence-corrected chi connectivity index (χ1v) is 17.2. The fourth-order valence-electron chi connectivity index (χ4n) is 7.81. The number of piperidine rings is 2. The van der Waals surface area contributed by atoms with Crippen LogP contribution in [0.25, 0.3) is 0 Å². The molecule has 0 saturated carbocycles. The molecule has 3 atom stereocenters. The summed E-state index contributed by atoms with van der Waals surface area (Å²) in [5.41, 5.74) is 0.702. The summed E-state index contributed by atoms with van der Waals surface area (Å²) in [6.45, 7) is 22.8. The summed E-state index contributed by atoms with van der Waals surface area (Å²) in [6, 6.07) is 20.3. The van der Waals surface area contributed by atoms with Gasteiger partial charge in [0, 0.05) is 47.8 Å². The molecule has 2 aromatic carbocycles. The van der Waals surface area contributed by atoms with Crippen molar-refractivity contribution in [2.24, 2.45) is 5.92 Å². The maximum absolute atomic E-state index is 13.3. The molecule has 260 valence electrons. The van der Waals surface area contributed by atoms with Gasteiger partial charge >= 0.3 is 11.9 Å². The summed E-state index contributed by atoms with van der Waals surface area (Å²) in [4.78, 5) is 39.5. The lowest BCUT2D eigenvalue weighted by molar-refractivity contribution is -0.314. The maximum Gasteiger partial charge on any atom is 0.309 e. The zero-order chi connectivity index (χ0) is 34.8. The van der Waals surface area contributed by atoms with Crippen LogP contribution in [0.15, 0.2) is 60.7 Å². The van der Waals surface area contributed by atoms with Crippen LogP contribution in [0, 0.1) is 5.92 Å². The molecular weight excluding hydrogens is 592 g/mol. The third-order valence-electron chi connectivity index (χ3n) is 9.63. The van der Waals surface area contributed by atoms with Crippen molar-refractivity contribution < 1.29 is 28.7 Å². The fourth-order valence-corrected chi connectivity index (χ4v) is 7.81. The molecule has 2 fully saturated rings. The first-order chi connectivity index (χ1) is 21.8. The van der Waals surface area contributed by atoms with E-state index in [4.69, 9.17) is 19.1 Å². The van der Waals surface area contributed by atoms with E-state index in [0.717, 1.165) is 11.1 Å². The van der Waals surface area contributed by atoms with Crippen molar-refractivity contribution >= 4 is 11.9 Å². The van der Waals surface area contributed by atoms with Crippen molar-refractivity contribution in [3.8, 4) is 0 Å². The van der Waals surface area contributed by atoms with Gasteiger partial charge < -0.3 is 9.47 Å². The molecule has 2 heterocycles. The van der Waals surface area contributed by atoms with Crippen molar-refractivity contribution in [2.45, 2.75) is 155 Å². The lowest BCUT2D eigenvalue weighted by Crippen LogP contribution is -2.62. The number of carbonyl (C=O) groups excluding carboxylic acids is 2. The molecule has 4 rings (SSSR count). The molecule has 0 aliphatic carbocycles. The highest BCUT2D eigenvalue weighted by Gasteiger charge is 2.50. The van der Waals surface area contributed by atoms with Crippen molar-refractivity contribution in [3.63, 3.8) is 0 Å². The lowest BCUT2D eigenvalue weighted by atomic mass is 9.80. The van der Waals surface area contributed by atoms with Crippen LogP contribution in [-0.4, -0.2) is 56.4 Å². The fraction of sp³-hybridized carbons (Fsp3) is 0.641. The maximum atomic E-state index is 13.3. The molecule has 8 heteroatoms. The van der Waals surface area contributed by atoms with Gasteiger partial charge in [0.15, 0.2) is 0 Å². The first kappa shape index (κ1) is 37.0. The minimum atomic E-state index is -0.614. The summed E-state index contributed by atoms with van der Waals surface area (Å²) >= 11 is 0. The number of rotatable bonds is 11. The number of carbonyl (C=O) groups is 2.